The monoisotopic (exact) mass is 398 g/mol. The van der Waals surface area contributed by atoms with E-state index in [4.69, 9.17) is 4.74 Å². The van der Waals surface area contributed by atoms with Crippen LogP contribution in [0.5, 0.6) is 5.75 Å². The Bertz CT molecular complexity index is 898. The summed E-state index contributed by atoms with van der Waals surface area (Å²) in [4.78, 5) is 23.3. The molecule has 1 amide bonds. The van der Waals surface area contributed by atoms with Crippen LogP contribution >= 0.6 is 15.9 Å². The number of nitrogens with zero attached hydrogens (tertiary/aromatic N) is 1. The van der Waals surface area contributed by atoms with Crippen LogP contribution in [0.4, 0.5) is 5.69 Å². The third-order valence-electron chi connectivity index (χ3n) is 3.16. The lowest BCUT2D eigenvalue weighted by Gasteiger charge is -2.06. The predicted octanol–water partition coefficient (Wildman–Crippen LogP) is 4.23. The first-order chi connectivity index (χ1) is 11.9. The zero-order valence-electron chi connectivity index (χ0n) is 13.7. The third kappa shape index (κ3) is 5.30. The molecule has 0 aliphatic heterocycles. The summed E-state index contributed by atoms with van der Waals surface area (Å²) in [5.74, 6) is -0.556. The van der Waals surface area contributed by atoms with Gasteiger partial charge in [-0.25, -0.2) is 0 Å². The Balaban J connectivity index is 2.22. The van der Waals surface area contributed by atoms with Crippen LogP contribution in [0.15, 0.2) is 52.5 Å². The van der Waals surface area contributed by atoms with Gasteiger partial charge in [0.15, 0.2) is 0 Å². The molecule has 2 rings (SSSR count). The summed E-state index contributed by atoms with van der Waals surface area (Å²) >= 11 is 3.30. The van der Waals surface area contributed by atoms with E-state index >= 15 is 0 Å². The molecular weight excluding hydrogens is 384 g/mol. The van der Waals surface area contributed by atoms with Gasteiger partial charge in [0.25, 0.3) is 5.91 Å². The zero-order chi connectivity index (χ0) is 18.4. The second-order valence-electron chi connectivity index (χ2n) is 5.28. The number of aryl methyl sites for hydroxylation is 1. The zero-order valence-corrected chi connectivity index (χ0v) is 15.3. The lowest BCUT2D eigenvalue weighted by atomic mass is 10.1. The molecule has 0 aromatic heterocycles. The number of benzene rings is 2. The van der Waals surface area contributed by atoms with Crippen LogP contribution in [0.3, 0.4) is 0 Å². The molecule has 0 fully saturated rings. The highest BCUT2D eigenvalue weighted by atomic mass is 79.9. The average Bonchev–Trinajstić information content (AvgIpc) is 2.54. The lowest BCUT2D eigenvalue weighted by Crippen LogP contribution is -2.13. The largest absolute Gasteiger partial charge is 0.426 e. The van der Waals surface area contributed by atoms with Crippen molar-refractivity contribution in [2.45, 2.75) is 13.8 Å². The second kappa shape index (κ2) is 8.27. The van der Waals surface area contributed by atoms with Gasteiger partial charge in [-0.1, -0.05) is 18.2 Å². The van der Waals surface area contributed by atoms with Gasteiger partial charge in [-0.05, 0) is 64.3 Å². The van der Waals surface area contributed by atoms with Crippen molar-refractivity contribution in [1.29, 1.82) is 5.26 Å². The molecule has 0 aliphatic carbocycles. The molecule has 0 atom stereocenters. The number of nitriles is 1. The topological polar surface area (TPSA) is 79.2 Å². The van der Waals surface area contributed by atoms with Gasteiger partial charge < -0.3 is 10.1 Å². The molecule has 25 heavy (non-hydrogen) atoms. The Labute approximate surface area is 154 Å². The highest BCUT2D eigenvalue weighted by Gasteiger charge is 2.11. The molecule has 6 heteroatoms. The molecule has 126 valence electrons. The maximum absolute atomic E-state index is 12.3. The van der Waals surface area contributed by atoms with Gasteiger partial charge >= 0.3 is 5.97 Å². The normalized spacial score (nSPS) is 10.7. The van der Waals surface area contributed by atoms with Gasteiger partial charge in [0, 0.05) is 12.6 Å². The van der Waals surface area contributed by atoms with Gasteiger partial charge in [-0.3, -0.25) is 9.59 Å². The Morgan fingerprint density at radius 3 is 2.60 bits per heavy atom. The maximum Gasteiger partial charge on any atom is 0.308 e. The maximum atomic E-state index is 12.3. The molecule has 0 saturated heterocycles. The Morgan fingerprint density at radius 2 is 2.00 bits per heavy atom. The number of carbonyl (C=O) groups is 2. The molecule has 2 aromatic rings. The number of anilines is 1. The van der Waals surface area contributed by atoms with Crippen LogP contribution in [0.25, 0.3) is 6.08 Å². The van der Waals surface area contributed by atoms with E-state index in [0.717, 1.165) is 5.56 Å². The predicted molar refractivity (Wildman–Crippen MR) is 98.8 cm³/mol. The van der Waals surface area contributed by atoms with Crippen LogP contribution in [0.2, 0.25) is 0 Å². The van der Waals surface area contributed by atoms with Crippen molar-refractivity contribution in [3.63, 3.8) is 0 Å². The van der Waals surface area contributed by atoms with E-state index in [1.807, 2.05) is 31.2 Å². The number of esters is 1. The van der Waals surface area contributed by atoms with Crippen LogP contribution in [0.1, 0.15) is 18.1 Å². The fraction of sp³-hybridized carbons (Fsp3) is 0.105. The Hall–Kier alpha value is -2.91. The van der Waals surface area contributed by atoms with Gasteiger partial charge in [0.05, 0.1) is 4.47 Å². The number of rotatable bonds is 4. The van der Waals surface area contributed by atoms with Crippen molar-refractivity contribution >= 4 is 39.6 Å². The molecule has 0 bridgehead atoms. The van der Waals surface area contributed by atoms with Crippen LogP contribution in [-0.2, 0) is 9.59 Å². The molecule has 0 aliphatic rings. The number of hydrogen-bond acceptors (Lipinski definition) is 4. The molecule has 0 saturated carbocycles. The summed E-state index contributed by atoms with van der Waals surface area (Å²) in [6.07, 6.45) is 1.47. The van der Waals surface area contributed by atoms with Gasteiger partial charge in [-0.15, -0.1) is 0 Å². The standard InChI is InChI=1S/C19H15BrN2O3/c1-12-4-3-5-16(8-12)22-19(24)15(11-21)9-14-6-7-18(17(20)10-14)25-13(2)23/h3-10H,1-2H3,(H,22,24)/b15-9+. The molecule has 0 heterocycles. The van der Waals surface area contributed by atoms with Crippen molar-refractivity contribution in [3.05, 3.63) is 63.6 Å². The molecule has 0 spiro atoms. The minimum atomic E-state index is -0.492. The minimum Gasteiger partial charge on any atom is -0.426 e. The first kappa shape index (κ1) is 18.4. The highest BCUT2D eigenvalue weighted by Crippen LogP contribution is 2.27. The molecule has 0 radical (unpaired) electrons. The molecule has 5 nitrogen and oxygen atoms in total. The number of carbonyl (C=O) groups excluding carboxylic acids is 2. The summed E-state index contributed by atoms with van der Waals surface area (Å²) in [6.45, 7) is 3.22. The van der Waals surface area contributed by atoms with E-state index < -0.39 is 11.9 Å². The smallest absolute Gasteiger partial charge is 0.308 e. The summed E-state index contributed by atoms with van der Waals surface area (Å²) < 4.78 is 5.57. The van der Waals surface area contributed by atoms with Crippen molar-refractivity contribution in [3.8, 4) is 11.8 Å². The fourth-order valence-electron chi connectivity index (χ4n) is 2.08. The number of amides is 1. The Morgan fingerprint density at radius 1 is 1.24 bits per heavy atom. The van der Waals surface area contributed by atoms with Crippen molar-refractivity contribution in [2.24, 2.45) is 0 Å². The number of hydrogen-bond donors (Lipinski definition) is 1. The molecule has 0 unspecified atom stereocenters. The highest BCUT2D eigenvalue weighted by molar-refractivity contribution is 9.10. The number of nitrogens with one attached hydrogen (secondary N) is 1. The summed E-state index contributed by atoms with van der Waals surface area (Å²) in [5, 5.41) is 12.0. The summed E-state index contributed by atoms with van der Waals surface area (Å²) in [5.41, 5.74) is 2.22. The number of ether oxygens (including phenoxy) is 1. The van der Waals surface area contributed by atoms with E-state index in [2.05, 4.69) is 21.2 Å². The quantitative estimate of drug-likeness (QED) is 0.361. The van der Waals surface area contributed by atoms with E-state index in [0.29, 0.717) is 21.5 Å². The first-order valence-electron chi connectivity index (χ1n) is 7.37. The molecule has 1 N–H and O–H groups in total. The van der Waals surface area contributed by atoms with Crippen LogP contribution < -0.4 is 10.1 Å². The van der Waals surface area contributed by atoms with Crippen LogP contribution in [-0.4, -0.2) is 11.9 Å². The van der Waals surface area contributed by atoms with Crippen LogP contribution in [0, 0.1) is 18.3 Å². The second-order valence-corrected chi connectivity index (χ2v) is 6.13. The van der Waals surface area contributed by atoms with Gasteiger partial charge in [0.1, 0.15) is 17.4 Å². The van der Waals surface area contributed by atoms with E-state index in [9.17, 15) is 14.9 Å². The van der Waals surface area contributed by atoms with Gasteiger partial charge in [-0.2, -0.15) is 5.26 Å². The molecule has 2 aromatic carbocycles. The number of halogens is 1. The van der Waals surface area contributed by atoms with E-state index in [1.54, 1.807) is 24.3 Å². The van der Waals surface area contributed by atoms with E-state index in [1.165, 1.54) is 13.0 Å². The SMILES string of the molecule is CC(=O)Oc1ccc(/C=C(\C#N)C(=O)Nc2cccc(C)c2)cc1Br. The lowest BCUT2D eigenvalue weighted by molar-refractivity contribution is -0.131. The fourth-order valence-corrected chi connectivity index (χ4v) is 2.56. The summed E-state index contributed by atoms with van der Waals surface area (Å²) in [6, 6.07) is 14.1. The summed E-state index contributed by atoms with van der Waals surface area (Å²) in [7, 11) is 0. The van der Waals surface area contributed by atoms with Gasteiger partial charge in [0.2, 0.25) is 0 Å². The average molecular weight is 399 g/mol. The third-order valence-corrected chi connectivity index (χ3v) is 3.78. The first-order valence-corrected chi connectivity index (χ1v) is 8.16. The van der Waals surface area contributed by atoms with Crippen molar-refractivity contribution < 1.29 is 14.3 Å². The van der Waals surface area contributed by atoms with Crippen molar-refractivity contribution in [2.75, 3.05) is 5.32 Å². The minimum absolute atomic E-state index is 0.0337. The van der Waals surface area contributed by atoms with Crippen molar-refractivity contribution in [1.82, 2.24) is 0 Å². The molecular formula is C19H15BrN2O3. The Kier molecular flexibility index (Phi) is 6.09. The van der Waals surface area contributed by atoms with E-state index in [-0.39, 0.29) is 5.57 Å².